The minimum Gasteiger partial charge on any atom is -0.492 e. The third-order valence-corrected chi connectivity index (χ3v) is 5.67. The van der Waals surface area contributed by atoms with E-state index in [1.165, 1.54) is 38.9 Å². The van der Waals surface area contributed by atoms with Gasteiger partial charge < -0.3 is 25.2 Å². The lowest BCUT2D eigenvalue weighted by molar-refractivity contribution is 0.206. The van der Waals surface area contributed by atoms with E-state index in [1.807, 2.05) is 13.1 Å². The summed E-state index contributed by atoms with van der Waals surface area (Å²) >= 11 is 0. The highest BCUT2D eigenvalue weighted by atomic mass is 16.5. The fourth-order valence-electron chi connectivity index (χ4n) is 3.80. The van der Waals surface area contributed by atoms with Crippen LogP contribution in [0.15, 0.2) is 29.3 Å². The van der Waals surface area contributed by atoms with E-state index in [0.29, 0.717) is 19.2 Å². The Morgan fingerprint density at radius 3 is 2.55 bits per heavy atom. The first kappa shape index (κ1) is 23.5. The zero-order valence-corrected chi connectivity index (χ0v) is 18.9. The Kier molecular flexibility index (Phi) is 10.9. The van der Waals surface area contributed by atoms with Gasteiger partial charge >= 0.3 is 0 Å². The molecule has 2 rings (SSSR count). The summed E-state index contributed by atoms with van der Waals surface area (Å²) in [7, 11) is 1.84. The van der Waals surface area contributed by atoms with Crippen molar-refractivity contribution in [3.05, 3.63) is 29.8 Å². The summed E-state index contributed by atoms with van der Waals surface area (Å²) in [6, 6.07) is 8.77. The molecule has 164 valence electrons. The molecule has 1 aromatic rings. The molecule has 0 bridgehead atoms. The second-order valence-corrected chi connectivity index (χ2v) is 7.67. The standard InChI is InChI=1S/C23H41N5O/c1-5-14-28-15-12-21(13-16-28)26-23(24-4)25-19-20-10-8-9-11-22(20)29-18-17-27(6-2)7-3/h8-11,21H,5-7,12-19H2,1-4H3,(H2,24,25,26). The summed E-state index contributed by atoms with van der Waals surface area (Å²) in [5.74, 6) is 1.83. The van der Waals surface area contributed by atoms with Crippen LogP contribution in [0, 0.1) is 0 Å². The molecule has 29 heavy (non-hydrogen) atoms. The number of para-hydroxylation sites is 1. The van der Waals surface area contributed by atoms with Crippen LogP contribution in [-0.4, -0.2) is 74.7 Å². The van der Waals surface area contributed by atoms with Gasteiger partial charge in [0, 0.05) is 44.8 Å². The van der Waals surface area contributed by atoms with E-state index in [-0.39, 0.29) is 0 Å². The lowest BCUT2D eigenvalue weighted by atomic mass is 10.1. The summed E-state index contributed by atoms with van der Waals surface area (Å²) in [4.78, 5) is 9.35. The Hall–Kier alpha value is -1.79. The predicted molar refractivity (Wildman–Crippen MR) is 123 cm³/mol. The molecular formula is C23H41N5O. The fourth-order valence-corrected chi connectivity index (χ4v) is 3.80. The number of nitrogens with one attached hydrogen (secondary N) is 2. The molecule has 1 fully saturated rings. The molecule has 0 aliphatic carbocycles. The maximum Gasteiger partial charge on any atom is 0.191 e. The van der Waals surface area contributed by atoms with Gasteiger partial charge in [-0.15, -0.1) is 0 Å². The number of guanidine groups is 1. The van der Waals surface area contributed by atoms with E-state index in [9.17, 15) is 0 Å². The number of ether oxygens (including phenoxy) is 1. The largest absolute Gasteiger partial charge is 0.492 e. The molecule has 6 nitrogen and oxygen atoms in total. The molecule has 0 unspecified atom stereocenters. The lowest BCUT2D eigenvalue weighted by Gasteiger charge is -2.32. The molecule has 0 aromatic heterocycles. The number of benzene rings is 1. The van der Waals surface area contributed by atoms with Crippen molar-refractivity contribution in [3.8, 4) is 5.75 Å². The molecule has 0 saturated carbocycles. The molecule has 0 spiro atoms. The molecule has 1 heterocycles. The third-order valence-electron chi connectivity index (χ3n) is 5.67. The summed E-state index contributed by atoms with van der Waals surface area (Å²) in [5, 5.41) is 7.06. The van der Waals surface area contributed by atoms with Crippen molar-refractivity contribution in [2.45, 2.75) is 52.6 Å². The normalized spacial score (nSPS) is 16.2. The first-order valence-corrected chi connectivity index (χ1v) is 11.3. The van der Waals surface area contributed by atoms with E-state index in [1.54, 1.807) is 0 Å². The second kappa shape index (κ2) is 13.4. The molecule has 0 radical (unpaired) electrons. The van der Waals surface area contributed by atoms with Crippen molar-refractivity contribution in [1.29, 1.82) is 0 Å². The maximum atomic E-state index is 6.07. The van der Waals surface area contributed by atoms with Crippen LogP contribution < -0.4 is 15.4 Å². The van der Waals surface area contributed by atoms with Gasteiger partial charge in [0.05, 0.1) is 0 Å². The number of aliphatic imine (C=N–C) groups is 1. The van der Waals surface area contributed by atoms with Gasteiger partial charge in [-0.05, 0) is 45.0 Å². The zero-order valence-electron chi connectivity index (χ0n) is 18.9. The quantitative estimate of drug-likeness (QED) is 0.439. The molecule has 0 atom stereocenters. The molecule has 6 heteroatoms. The molecule has 1 saturated heterocycles. The molecule has 2 N–H and O–H groups in total. The smallest absolute Gasteiger partial charge is 0.191 e. The first-order chi connectivity index (χ1) is 14.2. The van der Waals surface area contributed by atoms with Gasteiger partial charge in [-0.2, -0.15) is 0 Å². The summed E-state index contributed by atoms with van der Waals surface area (Å²) in [6.07, 6.45) is 3.58. The van der Waals surface area contributed by atoms with Crippen molar-refractivity contribution in [3.63, 3.8) is 0 Å². The van der Waals surface area contributed by atoms with E-state index in [0.717, 1.165) is 36.9 Å². The van der Waals surface area contributed by atoms with Gasteiger partial charge in [0.25, 0.3) is 0 Å². The van der Waals surface area contributed by atoms with Crippen molar-refractivity contribution < 1.29 is 4.74 Å². The zero-order chi connectivity index (χ0) is 20.9. The van der Waals surface area contributed by atoms with E-state index < -0.39 is 0 Å². The highest BCUT2D eigenvalue weighted by Crippen LogP contribution is 2.18. The fraction of sp³-hybridized carbons (Fsp3) is 0.696. The van der Waals surface area contributed by atoms with Crippen molar-refractivity contribution in [1.82, 2.24) is 20.4 Å². The molecule has 1 aromatic carbocycles. The number of likely N-dealkylation sites (tertiary alicyclic amines) is 1. The van der Waals surface area contributed by atoms with Crippen LogP contribution >= 0.6 is 0 Å². The first-order valence-electron chi connectivity index (χ1n) is 11.3. The van der Waals surface area contributed by atoms with Crippen LogP contribution in [0.2, 0.25) is 0 Å². The number of piperidine rings is 1. The van der Waals surface area contributed by atoms with Gasteiger partial charge in [-0.25, -0.2) is 0 Å². The second-order valence-electron chi connectivity index (χ2n) is 7.67. The van der Waals surface area contributed by atoms with Crippen LogP contribution in [-0.2, 0) is 6.54 Å². The van der Waals surface area contributed by atoms with Gasteiger partial charge in [0.1, 0.15) is 12.4 Å². The van der Waals surface area contributed by atoms with Gasteiger partial charge in [0.15, 0.2) is 5.96 Å². The highest BCUT2D eigenvalue weighted by molar-refractivity contribution is 5.80. The third kappa shape index (κ3) is 8.23. The van der Waals surface area contributed by atoms with Crippen molar-refractivity contribution >= 4 is 5.96 Å². The Morgan fingerprint density at radius 1 is 1.17 bits per heavy atom. The molecule has 0 amide bonds. The molecular weight excluding hydrogens is 362 g/mol. The van der Waals surface area contributed by atoms with Crippen LogP contribution in [0.5, 0.6) is 5.75 Å². The molecule has 1 aliphatic rings. The van der Waals surface area contributed by atoms with Crippen LogP contribution in [0.25, 0.3) is 0 Å². The average molecular weight is 404 g/mol. The summed E-state index contributed by atoms with van der Waals surface area (Å²) in [5.41, 5.74) is 1.16. The Morgan fingerprint density at radius 2 is 1.90 bits per heavy atom. The van der Waals surface area contributed by atoms with Gasteiger partial charge in [-0.1, -0.05) is 39.0 Å². The Labute approximate surface area is 177 Å². The number of likely N-dealkylation sites (N-methyl/N-ethyl adjacent to an activating group) is 1. The highest BCUT2D eigenvalue weighted by Gasteiger charge is 2.19. The minimum absolute atomic E-state index is 0.495. The van der Waals surface area contributed by atoms with Crippen LogP contribution in [0.4, 0.5) is 0 Å². The van der Waals surface area contributed by atoms with E-state index in [2.05, 4.69) is 64.4 Å². The number of rotatable bonds is 11. The van der Waals surface area contributed by atoms with Gasteiger partial charge in [-0.3, -0.25) is 4.99 Å². The Bertz CT molecular complexity index is 595. The monoisotopic (exact) mass is 403 g/mol. The van der Waals surface area contributed by atoms with Crippen LogP contribution in [0.1, 0.15) is 45.6 Å². The summed E-state index contributed by atoms with van der Waals surface area (Å²) in [6.45, 7) is 14.7. The van der Waals surface area contributed by atoms with E-state index in [4.69, 9.17) is 4.74 Å². The van der Waals surface area contributed by atoms with Crippen LogP contribution in [0.3, 0.4) is 0 Å². The average Bonchev–Trinajstić information content (AvgIpc) is 2.76. The van der Waals surface area contributed by atoms with E-state index >= 15 is 0 Å². The lowest BCUT2D eigenvalue weighted by Crippen LogP contribution is -2.48. The molecule has 1 aliphatic heterocycles. The van der Waals surface area contributed by atoms with Crippen molar-refractivity contribution in [2.75, 3.05) is 52.9 Å². The topological polar surface area (TPSA) is 52.1 Å². The number of hydrogen-bond donors (Lipinski definition) is 2. The van der Waals surface area contributed by atoms with Crippen molar-refractivity contribution in [2.24, 2.45) is 4.99 Å². The van der Waals surface area contributed by atoms with Gasteiger partial charge in [0.2, 0.25) is 0 Å². The number of nitrogens with zero attached hydrogens (tertiary/aromatic N) is 3. The minimum atomic E-state index is 0.495. The Balaban J connectivity index is 1.80. The SMILES string of the molecule is CCCN1CCC(NC(=NC)NCc2ccccc2OCCN(CC)CC)CC1. The maximum absolute atomic E-state index is 6.07. The number of hydrogen-bond acceptors (Lipinski definition) is 4. The predicted octanol–water partition coefficient (Wildman–Crippen LogP) is 2.95. The summed E-state index contributed by atoms with van der Waals surface area (Å²) < 4.78 is 6.07.